The van der Waals surface area contributed by atoms with Crippen molar-refractivity contribution in [1.82, 2.24) is 0 Å². The van der Waals surface area contributed by atoms with Crippen LogP contribution in [0.2, 0.25) is 0 Å². The summed E-state index contributed by atoms with van der Waals surface area (Å²) in [5.74, 6) is -4.85. The fourth-order valence-electron chi connectivity index (χ4n) is 1.45. The first-order valence-electron chi connectivity index (χ1n) is 7.07. The van der Waals surface area contributed by atoms with Crippen LogP contribution in [0.4, 0.5) is 0 Å². The van der Waals surface area contributed by atoms with Gasteiger partial charge < -0.3 is 20.4 Å². The Morgan fingerprint density at radius 1 is 0.577 bits per heavy atom. The highest BCUT2D eigenvalue weighted by molar-refractivity contribution is 5.96. The third kappa shape index (κ3) is 13.7. The van der Waals surface area contributed by atoms with Crippen molar-refractivity contribution in [3.05, 3.63) is 23.3 Å². The lowest BCUT2D eigenvalue weighted by molar-refractivity contribution is -0.176. The van der Waals surface area contributed by atoms with Gasteiger partial charge in [-0.3, -0.25) is 10.5 Å². The van der Waals surface area contributed by atoms with Crippen molar-refractivity contribution in [2.75, 3.05) is 0 Å². The Bertz CT molecular complexity index is 519. The highest BCUT2D eigenvalue weighted by Crippen LogP contribution is 2.25. The van der Waals surface area contributed by atoms with Crippen molar-refractivity contribution in [3.63, 3.8) is 0 Å². The van der Waals surface area contributed by atoms with E-state index in [1.807, 2.05) is 0 Å². The van der Waals surface area contributed by atoms with Gasteiger partial charge in [-0.2, -0.15) is 0 Å². The zero-order valence-corrected chi connectivity index (χ0v) is 15.5. The van der Waals surface area contributed by atoms with E-state index < -0.39 is 34.7 Å². The quantitative estimate of drug-likeness (QED) is 0.240. The van der Waals surface area contributed by atoms with E-state index in [1.54, 1.807) is 41.5 Å². The zero-order chi connectivity index (χ0) is 21.9. The van der Waals surface area contributed by atoms with Crippen molar-refractivity contribution in [1.29, 1.82) is 0 Å². The number of hydrogen-bond acceptors (Lipinski definition) is 6. The molecule has 0 bridgehead atoms. The van der Waals surface area contributed by atoms with Crippen molar-refractivity contribution in [3.8, 4) is 0 Å². The first kappa shape index (κ1) is 28.1. The first-order chi connectivity index (χ1) is 11.5. The van der Waals surface area contributed by atoms with E-state index in [4.69, 9.17) is 30.9 Å². The Morgan fingerprint density at radius 3 is 0.808 bits per heavy atom. The predicted molar refractivity (Wildman–Crippen MR) is 90.9 cm³/mol. The van der Waals surface area contributed by atoms with E-state index >= 15 is 0 Å². The van der Waals surface area contributed by atoms with Crippen molar-refractivity contribution >= 4 is 23.9 Å². The monoisotopic (exact) mass is 378 g/mol. The van der Waals surface area contributed by atoms with Crippen molar-refractivity contribution in [2.24, 2.45) is 10.8 Å². The van der Waals surface area contributed by atoms with Gasteiger partial charge in [-0.05, 0) is 10.8 Å². The molecule has 0 spiro atoms. The van der Waals surface area contributed by atoms with E-state index in [0.29, 0.717) is 0 Å². The maximum atomic E-state index is 10.6. The SMILES string of the molecule is CC(C)(C)/C(=C/C(=O)O)C(=O)O.CC(C)(C)/C(=C/C(=O)O)C(=O)O.OO. The van der Waals surface area contributed by atoms with Crippen LogP contribution in [-0.4, -0.2) is 54.8 Å². The van der Waals surface area contributed by atoms with Crippen LogP contribution in [0.3, 0.4) is 0 Å². The fourth-order valence-corrected chi connectivity index (χ4v) is 1.45. The Balaban J connectivity index is -0.000000371. The second-order valence-electron chi connectivity index (χ2n) is 6.90. The predicted octanol–water partition coefficient (Wildman–Crippen LogP) is 2.27. The molecule has 0 radical (unpaired) electrons. The summed E-state index contributed by atoms with van der Waals surface area (Å²) in [4.78, 5) is 41.5. The summed E-state index contributed by atoms with van der Waals surface area (Å²) in [5.41, 5.74) is -1.50. The summed E-state index contributed by atoms with van der Waals surface area (Å²) in [6.07, 6.45) is 1.45. The zero-order valence-electron chi connectivity index (χ0n) is 15.5. The number of hydrogen-bond donors (Lipinski definition) is 6. The van der Waals surface area contributed by atoms with Crippen LogP contribution in [0.1, 0.15) is 41.5 Å². The van der Waals surface area contributed by atoms with E-state index in [1.165, 1.54) is 0 Å². The van der Waals surface area contributed by atoms with Gasteiger partial charge in [0.05, 0.1) is 0 Å². The number of carboxylic acid groups (broad SMARTS) is 4. The highest BCUT2D eigenvalue weighted by atomic mass is 17.0. The molecule has 0 aliphatic carbocycles. The molecule has 0 aliphatic rings. The van der Waals surface area contributed by atoms with Crippen LogP contribution in [0, 0.1) is 10.8 Å². The van der Waals surface area contributed by atoms with Gasteiger partial charge >= 0.3 is 23.9 Å². The van der Waals surface area contributed by atoms with Gasteiger partial charge in [0.25, 0.3) is 0 Å². The largest absolute Gasteiger partial charge is 0.478 e. The average molecular weight is 378 g/mol. The number of carboxylic acids is 4. The van der Waals surface area contributed by atoms with Gasteiger partial charge in [0.2, 0.25) is 0 Å². The van der Waals surface area contributed by atoms with Crippen LogP contribution in [0.5, 0.6) is 0 Å². The molecule has 0 heterocycles. The van der Waals surface area contributed by atoms with Crippen LogP contribution in [0.15, 0.2) is 23.3 Å². The molecular weight excluding hydrogens is 352 g/mol. The molecule has 0 rings (SSSR count). The standard InChI is InChI=1S/2C8H12O4.H2O2/c2*1-8(2,3)5(7(11)12)4-6(9)10;1-2/h2*4H,1-3H3,(H,9,10)(H,11,12);1-2H/b2*5-4+;. The molecule has 0 aliphatic heterocycles. The van der Waals surface area contributed by atoms with Gasteiger partial charge in [-0.15, -0.1) is 0 Å². The van der Waals surface area contributed by atoms with E-state index in [2.05, 4.69) is 0 Å². The van der Waals surface area contributed by atoms with Crippen molar-refractivity contribution < 1.29 is 50.1 Å². The fraction of sp³-hybridized carbons (Fsp3) is 0.500. The summed E-state index contributed by atoms with van der Waals surface area (Å²) < 4.78 is 0. The maximum absolute atomic E-state index is 10.6. The molecule has 150 valence electrons. The van der Waals surface area contributed by atoms with Gasteiger partial charge in [0.15, 0.2) is 0 Å². The molecule has 0 saturated carbocycles. The molecule has 0 unspecified atom stereocenters. The molecule has 6 N–H and O–H groups in total. The molecule has 10 heteroatoms. The summed E-state index contributed by atoms with van der Waals surface area (Å²) >= 11 is 0. The summed E-state index contributed by atoms with van der Waals surface area (Å²) in [6.45, 7) is 9.89. The van der Waals surface area contributed by atoms with Gasteiger partial charge in [0, 0.05) is 23.3 Å². The second kappa shape index (κ2) is 11.8. The molecule has 0 aromatic carbocycles. The first-order valence-corrected chi connectivity index (χ1v) is 7.07. The molecule has 26 heavy (non-hydrogen) atoms. The molecule has 10 nitrogen and oxygen atoms in total. The maximum Gasteiger partial charge on any atom is 0.332 e. The molecular formula is C16H26O10. The third-order valence-electron chi connectivity index (χ3n) is 2.61. The minimum Gasteiger partial charge on any atom is -0.478 e. The Labute approximate surface area is 150 Å². The van der Waals surface area contributed by atoms with E-state index in [0.717, 1.165) is 12.2 Å². The third-order valence-corrected chi connectivity index (χ3v) is 2.61. The molecule has 0 atom stereocenters. The smallest absolute Gasteiger partial charge is 0.332 e. The highest BCUT2D eigenvalue weighted by Gasteiger charge is 2.24. The molecule has 0 aromatic rings. The van der Waals surface area contributed by atoms with E-state index in [9.17, 15) is 19.2 Å². The van der Waals surface area contributed by atoms with Gasteiger partial charge in [0.1, 0.15) is 0 Å². The minimum atomic E-state index is -1.23. The van der Waals surface area contributed by atoms with Gasteiger partial charge in [-0.1, -0.05) is 41.5 Å². The van der Waals surface area contributed by atoms with Crippen LogP contribution >= 0.6 is 0 Å². The Hall–Kier alpha value is -2.72. The van der Waals surface area contributed by atoms with E-state index in [-0.39, 0.29) is 11.1 Å². The molecule has 0 amide bonds. The Kier molecular flexibility index (Phi) is 12.7. The molecule has 0 fully saturated rings. The van der Waals surface area contributed by atoms with Crippen LogP contribution in [-0.2, 0) is 19.2 Å². The number of carbonyl (C=O) groups is 4. The van der Waals surface area contributed by atoms with Gasteiger partial charge in [-0.25, -0.2) is 19.2 Å². The number of rotatable bonds is 4. The minimum absolute atomic E-state index is 0.102. The summed E-state index contributed by atoms with van der Waals surface area (Å²) in [5, 5.41) is 46.0. The van der Waals surface area contributed by atoms with Crippen LogP contribution in [0.25, 0.3) is 0 Å². The summed E-state index contributed by atoms with van der Waals surface area (Å²) in [6, 6.07) is 0. The number of aliphatic carboxylic acids is 4. The summed E-state index contributed by atoms with van der Waals surface area (Å²) in [7, 11) is 0. The topological polar surface area (TPSA) is 190 Å². The molecule has 0 saturated heterocycles. The van der Waals surface area contributed by atoms with Crippen molar-refractivity contribution in [2.45, 2.75) is 41.5 Å². The second-order valence-corrected chi connectivity index (χ2v) is 6.90. The average Bonchev–Trinajstić information content (AvgIpc) is 2.42. The lowest BCUT2D eigenvalue weighted by atomic mass is 9.86. The Morgan fingerprint density at radius 2 is 0.769 bits per heavy atom. The molecule has 0 aromatic heterocycles. The normalized spacial score (nSPS) is 12.0. The lowest BCUT2D eigenvalue weighted by Gasteiger charge is -2.18. The van der Waals surface area contributed by atoms with Crippen LogP contribution < -0.4 is 0 Å². The lowest BCUT2D eigenvalue weighted by Crippen LogP contribution is -2.18.